The van der Waals surface area contributed by atoms with E-state index in [9.17, 15) is 9.59 Å². The molecule has 0 aliphatic heterocycles. The van der Waals surface area contributed by atoms with Crippen molar-refractivity contribution in [1.29, 1.82) is 0 Å². The summed E-state index contributed by atoms with van der Waals surface area (Å²) in [6, 6.07) is 20.1. The Kier molecular flexibility index (Phi) is 4.85. The average Bonchev–Trinajstić information content (AvgIpc) is 2.65. The summed E-state index contributed by atoms with van der Waals surface area (Å²) in [6.45, 7) is 0. The number of hydrogen-bond acceptors (Lipinski definition) is 4. The molecule has 2 amide bonds. The Morgan fingerprint density at radius 2 is 1.00 bits per heavy atom. The van der Waals surface area contributed by atoms with Gasteiger partial charge in [0, 0.05) is 33.9 Å². The van der Waals surface area contributed by atoms with Crippen LogP contribution in [0, 0.1) is 0 Å². The maximum atomic E-state index is 12.4. The Labute approximate surface area is 150 Å². The molecule has 130 valence electrons. The smallest absolute Gasteiger partial charge is 0.255 e. The molecule has 6 nitrogen and oxygen atoms in total. The van der Waals surface area contributed by atoms with Crippen LogP contribution in [0.2, 0.25) is 0 Å². The normalized spacial score (nSPS) is 10.2. The van der Waals surface area contributed by atoms with Gasteiger partial charge >= 0.3 is 0 Å². The second-order valence-electron chi connectivity index (χ2n) is 5.73. The highest BCUT2D eigenvalue weighted by molar-refractivity contribution is 6.08. The number of nitrogens with two attached hydrogens (primary N) is 2. The van der Waals surface area contributed by atoms with Crippen molar-refractivity contribution >= 4 is 34.6 Å². The molecule has 0 spiro atoms. The highest BCUT2D eigenvalue weighted by Gasteiger charge is 2.11. The van der Waals surface area contributed by atoms with E-state index in [0.29, 0.717) is 33.9 Å². The number of rotatable bonds is 4. The predicted molar refractivity (Wildman–Crippen MR) is 104 cm³/mol. The predicted octanol–water partition coefficient (Wildman–Crippen LogP) is 3.36. The third-order valence-electron chi connectivity index (χ3n) is 3.72. The van der Waals surface area contributed by atoms with Gasteiger partial charge in [-0.15, -0.1) is 0 Å². The van der Waals surface area contributed by atoms with Crippen molar-refractivity contribution in [3.8, 4) is 0 Å². The molecule has 26 heavy (non-hydrogen) atoms. The van der Waals surface area contributed by atoms with Gasteiger partial charge in [0.25, 0.3) is 11.8 Å². The topological polar surface area (TPSA) is 110 Å². The summed E-state index contributed by atoms with van der Waals surface area (Å²) in [6.07, 6.45) is 0. The minimum atomic E-state index is -0.308. The summed E-state index contributed by atoms with van der Waals surface area (Å²) < 4.78 is 0. The maximum Gasteiger partial charge on any atom is 0.255 e. The van der Waals surface area contributed by atoms with E-state index in [4.69, 9.17) is 11.5 Å². The molecule has 3 aromatic carbocycles. The van der Waals surface area contributed by atoms with Crippen LogP contribution in [0.5, 0.6) is 0 Å². The van der Waals surface area contributed by atoms with Crippen LogP contribution in [0.4, 0.5) is 22.7 Å². The lowest BCUT2D eigenvalue weighted by molar-refractivity contribution is 0.102. The van der Waals surface area contributed by atoms with E-state index in [1.54, 1.807) is 72.8 Å². The monoisotopic (exact) mass is 346 g/mol. The van der Waals surface area contributed by atoms with Gasteiger partial charge in [-0.2, -0.15) is 0 Å². The lowest BCUT2D eigenvalue weighted by atomic mass is 10.1. The number of carbonyl (C=O) groups excluding carboxylic acids is 2. The molecule has 0 saturated carbocycles. The molecule has 6 N–H and O–H groups in total. The van der Waals surface area contributed by atoms with Crippen LogP contribution in [0.15, 0.2) is 72.8 Å². The van der Waals surface area contributed by atoms with E-state index < -0.39 is 0 Å². The summed E-state index contributed by atoms with van der Waals surface area (Å²) in [7, 11) is 0. The van der Waals surface area contributed by atoms with Gasteiger partial charge in [0.2, 0.25) is 0 Å². The molecule has 0 aromatic heterocycles. The van der Waals surface area contributed by atoms with Crippen LogP contribution < -0.4 is 22.1 Å². The van der Waals surface area contributed by atoms with Gasteiger partial charge in [-0.05, 0) is 66.7 Å². The van der Waals surface area contributed by atoms with E-state index in [1.165, 1.54) is 0 Å². The van der Waals surface area contributed by atoms with Gasteiger partial charge in [0.1, 0.15) is 0 Å². The maximum absolute atomic E-state index is 12.4. The van der Waals surface area contributed by atoms with Crippen LogP contribution in [-0.4, -0.2) is 11.8 Å². The second-order valence-corrected chi connectivity index (χ2v) is 5.73. The van der Waals surface area contributed by atoms with Crippen LogP contribution in [0.1, 0.15) is 20.7 Å². The first-order valence-corrected chi connectivity index (χ1v) is 7.95. The second kappa shape index (κ2) is 7.40. The Balaban J connectivity index is 1.72. The average molecular weight is 346 g/mol. The number of benzene rings is 3. The largest absolute Gasteiger partial charge is 0.399 e. The molecule has 3 rings (SSSR count). The van der Waals surface area contributed by atoms with Gasteiger partial charge < -0.3 is 22.1 Å². The molecular formula is C20H18N4O2. The fraction of sp³-hybridized carbons (Fsp3) is 0. The molecule has 0 fully saturated rings. The highest BCUT2D eigenvalue weighted by Crippen LogP contribution is 2.15. The van der Waals surface area contributed by atoms with Gasteiger partial charge in [0.15, 0.2) is 0 Å². The Morgan fingerprint density at radius 3 is 1.38 bits per heavy atom. The molecule has 0 unspecified atom stereocenters. The zero-order chi connectivity index (χ0) is 18.5. The van der Waals surface area contributed by atoms with E-state index in [1.807, 2.05) is 0 Å². The highest BCUT2D eigenvalue weighted by atomic mass is 16.2. The third-order valence-corrected chi connectivity index (χ3v) is 3.72. The molecule has 6 heteroatoms. The Morgan fingerprint density at radius 1 is 0.615 bits per heavy atom. The number of nitrogen functional groups attached to an aromatic ring is 2. The first-order chi connectivity index (χ1) is 12.5. The number of carbonyl (C=O) groups is 2. The lowest BCUT2D eigenvalue weighted by Crippen LogP contribution is -2.15. The molecule has 0 heterocycles. The zero-order valence-corrected chi connectivity index (χ0v) is 13.9. The molecular weight excluding hydrogens is 328 g/mol. The van der Waals surface area contributed by atoms with Crippen LogP contribution in [0.25, 0.3) is 0 Å². The van der Waals surface area contributed by atoms with Crippen molar-refractivity contribution in [3.05, 3.63) is 83.9 Å². The van der Waals surface area contributed by atoms with Crippen molar-refractivity contribution in [3.63, 3.8) is 0 Å². The summed E-state index contributed by atoms with van der Waals surface area (Å²) in [5, 5.41) is 5.53. The van der Waals surface area contributed by atoms with Gasteiger partial charge in [-0.25, -0.2) is 0 Å². The van der Waals surface area contributed by atoms with Crippen molar-refractivity contribution in [2.45, 2.75) is 0 Å². The van der Waals surface area contributed by atoms with Gasteiger partial charge in [0.05, 0.1) is 0 Å². The van der Waals surface area contributed by atoms with Crippen LogP contribution in [-0.2, 0) is 0 Å². The van der Waals surface area contributed by atoms with E-state index >= 15 is 0 Å². The molecule has 0 aliphatic rings. The van der Waals surface area contributed by atoms with E-state index in [0.717, 1.165) is 0 Å². The fourth-order valence-corrected chi connectivity index (χ4v) is 2.34. The molecule has 0 atom stereocenters. The summed E-state index contributed by atoms with van der Waals surface area (Å²) >= 11 is 0. The van der Waals surface area contributed by atoms with Gasteiger partial charge in [-0.1, -0.05) is 6.07 Å². The van der Waals surface area contributed by atoms with Crippen LogP contribution in [0.3, 0.4) is 0 Å². The van der Waals surface area contributed by atoms with E-state index in [-0.39, 0.29) is 11.8 Å². The minimum Gasteiger partial charge on any atom is -0.399 e. The first kappa shape index (κ1) is 17.0. The number of anilines is 4. The number of amides is 2. The third kappa shape index (κ3) is 4.18. The van der Waals surface area contributed by atoms with Crippen molar-refractivity contribution in [1.82, 2.24) is 0 Å². The first-order valence-electron chi connectivity index (χ1n) is 7.95. The number of hydrogen-bond donors (Lipinski definition) is 4. The molecule has 0 radical (unpaired) electrons. The minimum absolute atomic E-state index is 0.308. The summed E-state index contributed by atoms with van der Waals surface area (Å²) in [5.74, 6) is -0.617. The summed E-state index contributed by atoms with van der Waals surface area (Å²) in [5.41, 5.74) is 14.5. The molecule has 0 bridgehead atoms. The summed E-state index contributed by atoms with van der Waals surface area (Å²) in [4.78, 5) is 24.8. The Bertz CT molecular complexity index is 860. The molecule has 0 aliphatic carbocycles. The van der Waals surface area contributed by atoms with Crippen molar-refractivity contribution in [2.75, 3.05) is 22.1 Å². The van der Waals surface area contributed by atoms with Crippen molar-refractivity contribution in [2.24, 2.45) is 0 Å². The molecule has 0 saturated heterocycles. The van der Waals surface area contributed by atoms with Crippen LogP contribution >= 0.6 is 0 Å². The molecule has 3 aromatic rings. The van der Waals surface area contributed by atoms with E-state index in [2.05, 4.69) is 10.6 Å². The zero-order valence-electron chi connectivity index (χ0n) is 13.9. The van der Waals surface area contributed by atoms with Crippen molar-refractivity contribution < 1.29 is 9.59 Å². The fourth-order valence-electron chi connectivity index (χ4n) is 2.34. The van der Waals surface area contributed by atoms with Gasteiger partial charge in [-0.3, -0.25) is 9.59 Å². The number of nitrogens with one attached hydrogen (secondary N) is 2. The Hall–Kier alpha value is -3.80. The quantitative estimate of drug-likeness (QED) is 0.543. The SMILES string of the molecule is Nc1ccc(NC(=O)c2cccc(C(=O)Nc3ccc(N)cc3)c2)cc1. The standard InChI is InChI=1S/C20H18N4O2/c21-15-4-8-17(9-5-15)23-19(25)13-2-1-3-14(12-13)20(26)24-18-10-6-16(22)7-11-18/h1-12H,21-22H2,(H,23,25)(H,24,26). The lowest BCUT2D eigenvalue weighted by Gasteiger charge is -2.08.